The highest BCUT2D eigenvalue weighted by Gasteiger charge is 2.06. The zero-order valence-corrected chi connectivity index (χ0v) is 10.9. The molecule has 18 heavy (non-hydrogen) atoms. The Bertz CT molecular complexity index is 547. The molecule has 0 unspecified atom stereocenters. The van der Waals surface area contributed by atoms with Gasteiger partial charge in [0.15, 0.2) is 5.75 Å². The molecule has 0 amide bonds. The first-order chi connectivity index (χ1) is 8.58. The molecule has 2 aromatic rings. The van der Waals surface area contributed by atoms with E-state index in [1.807, 2.05) is 38.1 Å². The lowest BCUT2D eigenvalue weighted by atomic mass is 10.1. The van der Waals surface area contributed by atoms with Crippen LogP contribution in [0.25, 0.3) is 0 Å². The van der Waals surface area contributed by atoms with Gasteiger partial charge in [-0.15, -0.1) is 0 Å². The number of nitrogens with two attached hydrogens (primary N) is 1. The highest BCUT2D eigenvalue weighted by atomic mass is 16.5. The molecule has 0 spiro atoms. The van der Waals surface area contributed by atoms with E-state index >= 15 is 0 Å². The van der Waals surface area contributed by atoms with Crippen molar-refractivity contribution < 1.29 is 4.74 Å². The Morgan fingerprint density at radius 2 is 1.78 bits per heavy atom. The summed E-state index contributed by atoms with van der Waals surface area (Å²) in [7, 11) is 0. The van der Waals surface area contributed by atoms with Crippen LogP contribution in [0.15, 0.2) is 24.3 Å². The normalized spacial score (nSPS) is 10.4. The van der Waals surface area contributed by atoms with E-state index in [9.17, 15) is 0 Å². The molecule has 4 nitrogen and oxygen atoms in total. The van der Waals surface area contributed by atoms with Crippen molar-refractivity contribution in [3.05, 3.63) is 41.2 Å². The predicted octanol–water partition coefficient (Wildman–Crippen LogP) is 3.03. The zero-order chi connectivity index (χ0) is 13.1. The Labute approximate surface area is 107 Å². The number of hydrogen-bond acceptors (Lipinski definition) is 4. The summed E-state index contributed by atoms with van der Waals surface area (Å²) < 4.78 is 5.62. The van der Waals surface area contributed by atoms with E-state index in [0.29, 0.717) is 17.4 Å². The number of ether oxygens (including phenoxy) is 1. The van der Waals surface area contributed by atoms with Crippen LogP contribution in [0.5, 0.6) is 11.8 Å². The number of hydrogen-bond donors (Lipinski definition) is 1. The largest absolute Gasteiger partial charge is 0.422 e. The van der Waals surface area contributed by atoms with Crippen molar-refractivity contribution in [1.82, 2.24) is 9.97 Å². The number of aryl methyl sites for hydroxylation is 3. The summed E-state index contributed by atoms with van der Waals surface area (Å²) >= 11 is 0. The van der Waals surface area contributed by atoms with Gasteiger partial charge in [0.2, 0.25) is 0 Å². The molecule has 1 aromatic carbocycles. The number of rotatable bonds is 3. The van der Waals surface area contributed by atoms with Crippen molar-refractivity contribution in [2.75, 3.05) is 5.73 Å². The smallest absolute Gasteiger partial charge is 0.322 e. The van der Waals surface area contributed by atoms with Gasteiger partial charge in [0, 0.05) is 11.4 Å². The van der Waals surface area contributed by atoms with Crippen molar-refractivity contribution in [2.24, 2.45) is 0 Å². The fourth-order valence-corrected chi connectivity index (χ4v) is 1.75. The van der Waals surface area contributed by atoms with Crippen molar-refractivity contribution in [1.29, 1.82) is 0 Å². The summed E-state index contributed by atoms with van der Waals surface area (Å²) in [5.41, 5.74) is 9.48. The van der Waals surface area contributed by atoms with Crippen LogP contribution in [0.3, 0.4) is 0 Å². The first-order valence-corrected chi connectivity index (χ1v) is 5.97. The number of nitrogen functional groups attached to an aromatic ring is 1. The second-order valence-corrected chi connectivity index (χ2v) is 4.26. The minimum absolute atomic E-state index is 0.337. The zero-order valence-electron chi connectivity index (χ0n) is 10.9. The van der Waals surface area contributed by atoms with Crippen molar-refractivity contribution in [3.8, 4) is 11.8 Å². The maximum absolute atomic E-state index is 5.94. The predicted molar refractivity (Wildman–Crippen MR) is 71.8 cm³/mol. The lowest BCUT2D eigenvalue weighted by Crippen LogP contribution is -1.99. The van der Waals surface area contributed by atoms with Crippen molar-refractivity contribution in [2.45, 2.75) is 27.2 Å². The lowest BCUT2D eigenvalue weighted by molar-refractivity contribution is 0.441. The molecule has 0 aliphatic carbocycles. The summed E-state index contributed by atoms with van der Waals surface area (Å²) in [6, 6.07) is 8.00. The van der Waals surface area contributed by atoms with E-state index in [-0.39, 0.29) is 0 Å². The second kappa shape index (κ2) is 5.04. The Hall–Kier alpha value is -2.10. The van der Waals surface area contributed by atoms with Gasteiger partial charge in [-0.25, -0.2) is 9.97 Å². The molecule has 2 rings (SSSR count). The van der Waals surface area contributed by atoms with Crippen LogP contribution >= 0.6 is 0 Å². The van der Waals surface area contributed by atoms with Crippen LogP contribution < -0.4 is 10.5 Å². The van der Waals surface area contributed by atoms with Gasteiger partial charge < -0.3 is 10.5 Å². The average Bonchev–Trinajstić information content (AvgIpc) is 2.30. The molecule has 1 heterocycles. The molecule has 0 bridgehead atoms. The monoisotopic (exact) mass is 243 g/mol. The third-order valence-corrected chi connectivity index (χ3v) is 2.65. The molecule has 0 fully saturated rings. The van der Waals surface area contributed by atoms with Gasteiger partial charge in [0.1, 0.15) is 0 Å². The Morgan fingerprint density at radius 3 is 2.33 bits per heavy atom. The third-order valence-electron chi connectivity index (χ3n) is 2.65. The SMILES string of the molecule is CCc1ccc(Oc2nc(C)cc(C)n2)c(N)c1. The molecule has 1 aromatic heterocycles. The summed E-state index contributed by atoms with van der Waals surface area (Å²) in [5.74, 6) is 0.595. The van der Waals surface area contributed by atoms with Gasteiger partial charge in [-0.3, -0.25) is 0 Å². The number of nitrogens with zero attached hydrogens (tertiary/aromatic N) is 2. The van der Waals surface area contributed by atoms with E-state index < -0.39 is 0 Å². The molecule has 0 saturated carbocycles. The van der Waals surface area contributed by atoms with Crippen molar-refractivity contribution >= 4 is 5.69 Å². The van der Waals surface area contributed by atoms with Crippen molar-refractivity contribution in [3.63, 3.8) is 0 Å². The molecule has 94 valence electrons. The highest BCUT2D eigenvalue weighted by molar-refractivity contribution is 5.55. The highest BCUT2D eigenvalue weighted by Crippen LogP contribution is 2.26. The number of anilines is 1. The summed E-state index contributed by atoms with van der Waals surface area (Å²) in [4.78, 5) is 8.45. The van der Waals surface area contributed by atoms with E-state index in [4.69, 9.17) is 10.5 Å². The molecule has 0 atom stereocenters. The van der Waals surface area contributed by atoms with Gasteiger partial charge in [-0.05, 0) is 44.0 Å². The minimum Gasteiger partial charge on any atom is -0.422 e. The molecule has 0 radical (unpaired) electrons. The third kappa shape index (κ3) is 2.77. The minimum atomic E-state index is 0.337. The van der Waals surface area contributed by atoms with Gasteiger partial charge in [-0.2, -0.15) is 0 Å². The lowest BCUT2D eigenvalue weighted by Gasteiger charge is -2.09. The first kappa shape index (κ1) is 12.4. The Kier molecular flexibility index (Phi) is 3.46. The molecular weight excluding hydrogens is 226 g/mol. The maximum atomic E-state index is 5.94. The van der Waals surface area contributed by atoms with Gasteiger partial charge in [0.25, 0.3) is 0 Å². The van der Waals surface area contributed by atoms with Crippen LogP contribution in [-0.4, -0.2) is 9.97 Å². The molecule has 0 saturated heterocycles. The fourth-order valence-electron chi connectivity index (χ4n) is 1.75. The number of aromatic nitrogens is 2. The quantitative estimate of drug-likeness (QED) is 0.842. The Morgan fingerprint density at radius 1 is 1.11 bits per heavy atom. The molecule has 0 aliphatic heterocycles. The van der Waals surface area contributed by atoms with Gasteiger partial charge in [-0.1, -0.05) is 13.0 Å². The topological polar surface area (TPSA) is 61.0 Å². The standard InChI is InChI=1S/C14H17N3O/c1-4-11-5-6-13(12(15)8-11)18-14-16-9(2)7-10(3)17-14/h5-8H,4,15H2,1-3H3. The molecule has 4 heteroatoms. The van der Waals surface area contributed by atoms with Crippen LogP contribution in [0.4, 0.5) is 5.69 Å². The van der Waals surface area contributed by atoms with E-state index in [0.717, 1.165) is 17.8 Å². The summed E-state index contributed by atoms with van der Waals surface area (Å²) in [6.45, 7) is 5.90. The Balaban J connectivity index is 2.28. The molecular formula is C14H17N3O. The van der Waals surface area contributed by atoms with E-state index in [1.54, 1.807) is 0 Å². The molecule has 2 N–H and O–H groups in total. The van der Waals surface area contributed by atoms with Crippen LogP contribution in [0.2, 0.25) is 0 Å². The second-order valence-electron chi connectivity index (χ2n) is 4.26. The van der Waals surface area contributed by atoms with E-state index in [2.05, 4.69) is 16.9 Å². The van der Waals surface area contributed by atoms with Crippen LogP contribution in [0.1, 0.15) is 23.9 Å². The van der Waals surface area contributed by atoms with Gasteiger partial charge >= 0.3 is 6.01 Å². The average molecular weight is 243 g/mol. The van der Waals surface area contributed by atoms with E-state index in [1.165, 1.54) is 5.56 Å². The fraction of sp³-hybridized carbons (Fsp3) is 0.286. The first-order valence-electron chi connectivity index (χ1n) is 5.97. The maximum Gasteiger partial charge on any atom is 0.322 e. The van der Waals surface area contributed by atoms with Crippen LogP contribution in [0, 0.1) is 13.8 Å². The molecule has 0 aliphatic rings. The summed E-state index contributed by atoms with van der Waals surface area (Å²) in [6.07, 6.45) is 0.949. The van der Waals surface area contributed by atoms with Gasteiger partial charge in [0.05, 0.1) is 5.69 Å². The summed E-state index contributed by atoms with van der Waals surface area (Å²) in [5, 5.41) is 0. The number of benzene rings is 1. The van der Waals surface area contributed by atoms with Crippen LogP contribution in [-0.2, 0) is 6.42 Å².